The molecule has 0 aromatic carbocycles. The van der Waals surface area contributed by atoms with E-state index in [0.29, 0.717) is 0 Å². The molecule has 20 heavy (non-hydrogen) atoms. The summed E-state index contributed by atoms with van der Waals surface area (Å²) in [5.41, 5.74) is 0. The molecule has 0 aromatic heterocycles. The molecule has 3 aliphatic carbocycles. The maximum atomic E-state index is 1.67. The largest absolute Gasteiger partial charge is 0 e. The van der Waals surface area contributed by atoms with Gasteiger partial charge >= 0.3 is 128 Å². The smallest absolute Gasteiger partial charge is 0 e. The van der Waals surface area contributed by atoms with Gasteiger partial charge in [0.2, 0.25) is 0 Å². The van der Waals surface area contributed by atoms with Gasteiger partial charge in [0, 0.05) is 18.9 Å². The quantitative estimate of drug-likeness (QED) is 0.523. The van der Waals surface area contributed by atoms with Crippen molar-refractivity contribution in [2.45, 2.75) is 108 Å². The maximum absolute atomic E-state index is 1.67. The van der Waals surface area contributed by atoms with Crippen molar-refractivity contribution in [3.8, 4) is 0 Å². The minimum Gasteiger partial charge on any atom is 0 e. The summed E-state index contributed by atoms with van der Waals surface area (Å²) in [6.45, 7) is 0. The van der Waals surface area contributed by atoms with Gasteiger partial charge < -0.3 is 0 Å². The van der Waals surface area contributed by atoms with Crippen LogP contribution in [0.15, 0.2) is 0 Å². The van der Waals surface area contributed by atoms with E-state index in [9.17, 15) is 0 Å². The first-order chi connectivity index (χ1) is 9.45. The van der Waals surface area contributed by atoms with Gasteiger partial charge in [-0.3, -0.25) is 0 Å². The molecule has 3 aliphatic rings. The zero-order chi connectivity index (χ0) is 12.9. The van der Waals surface area contributed by atoms with Crippen LogP contribution in [-0.4, -0.2) is 38.6 Å². The van der Waals surface area contributed by atoms with E-state index in [2.05, 4.69) is 0 Å². The fraction of sp³-hybridized carbons (Fsp3) is 1.00. The molecule has 0 N–H and O–H groups in total. The van der Waals surface area contributed by atoms with Crippen molar-refractivity contribution in [2.24, 2.45) is 0 Å². The molecule has 0 bridgehead atoms. The van der Waals surface area contributed by atoms with E-state index in [-0.39, 0.29) is 18.9 Å². The van der Waals surface area contributed by atoms with Crippen LogP contribution < -0.4 is 0 Å². The van der Waals surface area contributed by atoms with E-state index in [0.717, 1.165) is 0 Å². The van der Waals surface area contributed by atoms with Crippen LogP contribution >= 0.6 is 0 Å². The Morgan fingerprint density at radius 3 is 0.900 bits per heavy atom. The Morgan fingerprint density at radius 1 is 0.400 bits per heavy atom. The third-order valence-corrected chi connectivity index (χ3v) is 19.2. The second kappa shape index (κ2) is 9.52. The molecule has 0 aromatic rings. The van der Waals surface area contributed by atoms with Crippen LogP contribution in [0.25, 0.3) is 0 Å². The second-order valence-corrected chi connectivity index (χ2v) is 17.3. The summed E-state index contributed by atoms with van der Waals surface area (Å²) in [6, 6.07) is 0. The monoisotopic (exact) mass is 376 g/mol. The van der Waals surface area contributed by atoms with Crippen LogP contribution in [0.4, 0.5) is 0 Å². The van der Waals surface area contributed by atoms with Crippen LogP contribution in [0, 0.1) is 0 Å². The third kappa shape index (κ3) is 4.69. The Morgan fingerprint density at radius 2 is 0.650 bits per heavy atom. The summed E-state index contributed by atoms with van der Waals surface area (Å²) in [5, 5.41) is 0. The van der Waals surface area contributed by atoms with E-state index >= 15 is 0 Å². The van der Waals surface area contributed by atoms with Gasteiger partial charge in [0.05, 0.1) is 0 Å². The Hall–Kier alpha value is 1.40. The molecule has 0 saturated heterocycles. The Bertz CT molecular complexity index is 207. The summed E-state index contributed by atoms with van der Waals surface area (Å²) in [6.07, 6.45) is 24.2. The SMILES string of the molecule is C1CC[CH]([Sn]([CH]2CCCCC2)[CH]2CCCCC2)CC1.[Li]. The van der Waals surface area contributed by atoms with E-state index in [1.807, 2.05) is 0 Å². The third-order valence-electron chi connectivity index (χ3n) is 6.23. The van der Waals surface area contributed by atoms with Gasteiger partial charge in [0.25, 0.3) is 0 Å². The predicted molar refractivity (Wildman–Crippen MR) is 92.0 cm³/mol. The molecule has 0 atom stereocenters. The molecule has 2 heteroatoms. The topological polar surface area (TPSA) is 0 Å². The molecule has 0 nitrogen and oxygen atoms in total. The van der Waals surface area contributed by atoms with Crippen LogP contribution in [0.1, 0.15) is 96.3 Å². The molecule has 3 fully saturated rings. The molecular weight excluding hydrogens is 342 g/mol. The van der Waals surface area contributed by atoms with Gasteiger partial charge in [-0.05, 0) is 0 Å². The van der Waals surface area contributed by atoms with Crippen molar-refractivity contribution in [1.29, 1.82) is 0 Å². The van der Waals surface area contributed by atoms with Gasteiger partial charge in [-0.1, -0.05) is 0 Å². The average molecular weight is 375 g/mol. The van der Waals surface area contributed by atoms with Gasteiger partial charge in [0.15, 0.2) is 0 Å². The number of rotatable bonds is 3. The Balaban J connectivity index is 0.00000147. The van der Waals surface area contributed by atoms with Gasteiger partial charge in [-0.25, -0.2) is 0 Å². The first-order valence-corrected chi connectivity index (χ1v) is 14.3. The standard InChI is InChI=1S/3C6H11.Li.Sn/c3*1-2-4-6-5-3-1;;/h3*1H,2-6H2;;. The first kappa shape index (κ1) is 17.7. The molecule has 110 valence electrons. The minimum absolute atomic E-state index is 0. The summed E-state index contributed by atoms with van der Waals surface area (Å²) in [4.78, 5) is 0. The normalized spacial score (nSPS) is 27.4. The first-order valence-electron chi connectivity index (χ1n) is 9.32. The summed E-state index contributed by atoms with van der Waals surface area (Å²) in [5.74, 6) is 0. The summed E-state index contributed by atoms with van der Waals surface area (Å²) >= 11 is -1.15. The van der Waals surface area contributed by atoms with Crippen LogP contribution in [0.3, 0.4) is 0 Å². The fourth-order valence-corrected chi connectivity index (χ4v) is 20.2. The Labute approximate surface area is 146 Å². The molecule has 0 amide bonds. The van der Waals surface area contributed by atoms with Crippen molar-refractivity contribution >= 4 is 38.6 Å². The van der Waals surface area contributed by atoms with Crippen LogP contribution in [0.2, 0.25) is 11.8 Å². The van der Waals surface area contributed by atoms with Gasteiger partial charge in [-0.15, -0.1) is 0 Å². The molecule has 0 unspecified atom stereocenters. The van der Waals surface area contributed by atoms with E-state index in [1.54, 1.807) is 96.3 Å². The van der Waals surface area contributed by atoms with Crippen LogP contribution in [-0.2, 0) is 0 Å². The summed E-state index contributed by atoms with van der Waals surface area (Å²) in [7, 11) is 0. The minimum atomic E-state index is -1.15. The molecule has 2 radical (unpaired) electrons. The van der Waals surface area contributed by atoms with Crippen molar-refractivity contribution in [2.75, 3.05) is 0 Å². The van der Waals surface area contributed by atoms with Gasteiger partial charge in [-0.2, -0.15) is 0 Å². The molecule has 0 aliphatic heterocycles. The van der Waals surface area contributed by atoms with E-state index in [4.69, 9.17) is 0 Å². The molecule has 0 heterocycles. The molecule has 0 spiro atoms. The second-order valence-electron chi connectivity index (χ2n) is 7.50. The van der Waals surface area contributed by atoms with E-state index in [1.165, 1.54) is 11.8 Å². The Kier molecular flexibility index (Phi) is 8.44. The number of hydrogen-bond acceptors (Lipinski definition) is 0. The van der Waals surface area contributed by atoms with Crippen molar-refractivity contribution in [3.05, 3.63) is 0 Å². The molecular formula is C18H33LiSn. The predicted octanol–water partition coefficient (Wildman–Crippen LogP) is 6.10. The molecule has 3 saturated carbocycles. The van der Waals surface area contributed by atoms with Crippen LogP contribution in [0.5, 0.6) is 0 Å². The molecule has 3 rings (SSSR count). The van der Waals surface area contributed by atoms with E-state index < -0.39 is 19.8 Å². The van der Waals surface area contributed by atoms with Crippen molar-refractivity contribution in [1.82, 2.24) is 0 Å². The number of hydrogen-bond donors (Lipinski definition) is 0. The average Bonchev–Trinajstić information content (AvgIpc) is 2.51. The summed E-state index contributed by atoms with van der Waals surface area (Å²) < 4.78 is 3.96. The van der Waals surface area contributed by atoms with Crippen molar-refractivity contribution < 1.29 is 0 Å². The van der Waals surface area contributed by atoms with Crippen molar-refractivity contribution in [3.63, 3.8) is 0 Å². The maximum Gasteiger partial charge on any atom is 0 e. The van der Waals surface area contributed by atoms with Gasteiger partial charge in [0.1, 0.15) is 0 Å². The fourth-order valence-electron chi connectivity index (χ4n) is 5.31. The zero-order valence-electron chi connectivity index (χ0n) is 13.8. The zero-order valence-corrected chi connectivity index (χ0v) is 16.7.